The quantitative estimate of drug-likeness (QED) is 0.406. The molecule has 0 bridgehead atoms. The number of carbonyl (C=O) groups is 1. The zero-order chi connectivity index (χ0) is 19.8. The Labute approximate surface area is 177 Å². The van der Waals surface area contributed by atoms with Crippen LogP contribution >= 0.6 is 23.2 Å². The summed E-state index contributed by atoms with van der Waals surface area (Å²) in [6.45, 7) is 0.708. The summed E-state index contributed by atoms with van der Waals surface area (Å²) in [5.41, 5.74) is 1.18. The molecule has 1 saturated carbocycles. The summed E-state index contributed by atoms with van der Waals surface area (Å²) in [6.07, 6.45) is 8.73. The number of hydrogen-bond donors (Lipinski definition) is 1. The predicted molar refractivity (Wildman–Crippen MR) is 116 cm³/mol. The van der Waals surface area contributed by atoms with Gasteiger partial charge in [-0.1, -0.05) is 61.0 Å². The zero-order valence-corrected chi connectivity index (χ0v) is 17.6. The minimum atomic E-state index is 0.174. The van der Waals surface area contributed by atoms with Gasteiger partial charge in [-0.15, -0.1) is 0 Å². The van der Waals surface area contributed by atoms with Crippen LogP contribution in [0.4, 0.5) is 0 Å². The van der Waals surface area contributed by atoms with Gasteiger partial charge in [0.25, 0.3) is 0 Å². The molecule has 150 valence electrons. The molecule has 1 fully saturated rings. The summed E-state index contributed by atoms with van der Waals surface area (Å²) in [5, 5.41) is 4.00. The molecule has 3 nitrogen and oxygen atoms in total. The normalized spacial score (nSPS) is 13.4. The van der Waals surface area contributed by atoms with Gasteiger partial charge in [-0.3, -0.25) is 4.79 Å². The standard InChI is InChI=1S/C23H27Cl2NO2/c24-21-13-12-20(16-22(21)25)28-19-8-3-6-18(15-19)7-4-14-26-23(27)9-2-1-5-17-10-11-17/h3,6,8,12-13,15-17H,1-2,4-5,7,9-11,14H2,(H,26,27). The first-order valence-corrected chi connectivity index (χ1v) is 10.8. The van der Waals surface area contributed by atoms with Crippen molar-refractivity contribution in [3.8, 4) is 11.5 Å². The van der Waals surface area contributed by atoms with Crippen LogP contribution < -0.4 is 10.1 Å². The third-order valence-electron chi connectivity index (χ3n) is 4.95. The maximum absolute atomic E-state index is 11.9. The molecule has 0 aliphatic heterocycles. The fraction of sp³-hybridized carbons (Fsp3) is 0.435. The highest BCUT2D eigenvalue weighted by atomic mass is 35.5. The minimum Gasteiger partial charge on any atom is -0.457 e. The van der Waals surface area contributed by atoms with Crippen LogP contribution in [0.1, 0.15) is 50.5 Å². The minimum absolute atomic E-state index is 0.174. The molecule has 2 aromatic rings. The summed E-state index contributed by atoms with van der Waals surface area (Å²) in [6, 6.07) is 13.2. The van der Waals surface area contributed by atoms with Crippen LogP contribution in [0.2, 0.25) is 10.0 Å². The number of unbranched alkanes of at least 4 members (excludes halogenated alkanes) is 1. The number of benzene rings is 2. The van der Waals surface area contributed by atoms with Crippen molar-refractivity contribution in [2.24, 2.45) is 5.92 Å². The van der Waals surface area contributed by atoms with E-state index < -0.39 is 0 Å². The van der Waals surface area contributed by atoms with Gasteiger partial charge < -0.3 is 10.1 Å². The average Bonchev–Trinajstić information content (AvgIpc) is 3.50. The van der Waals surface area contributed by atoms with E-state index in [-0.39, 0.29) is 5.91 Å². The summed E-state index contributed by atoms with van der Waals surface area (Å²) < 4.78 is 5.86. The maximum atomic E-state index is 11.9. The van der Waals surface area contributed by atoms with Gasteiger partial charge in [0.05, 0.1) is 10.0 Å². The second-order valence-electron chi connectivity index (χ2n) is 7.47. The summed E-state index contributed by atoms with van der Waals surface area (Å²) in [4.78, 5) is 11.9. The Morgan fingerprint density at radius 2 is 1.82 bits per heavy atom. The Morgan fingerprint density at radius 3 is 2.61 bits per heavy atom. The van der Waals surface area contributed by atoms with E-state index in [1.54, 1.807) is 18.2 Å². The Balaban J connectivity index is 1.35. The number of aryl methyl sites for hydroxylation is 1. The molecular formula is C23H27Cl2NO2. The van der Waals surface area contributed by atoms with E-state index in [9.17, 15) is 4.79 Å². The lowest BCUT2D eigenvalue weighted by atomic mass is 10.1. The van der Waals surface area contributed by atoms with E-state index in [4.69, 9.17) is 27.9 Å². The summed E-state index contributed by atoms with van der Waals surface area (Å²) >= 11 is 12.0. The van der Waals surface area contributed by atoms with E-state index in [1.807, 2.05) is 18.2 Å². The van der Waals surface area contributed by atoms with Crippen molar-refractivity contribution in [2.45, 2.75) is 51.4 Å². The van der Waals surface area contributed by atoms with Crippen LogP contribution in [0, 0.1) is 5.92 Å². The van der Waals surface area contributed by atoms with Crippen molar-refractivity contribution in [1.29, 1.82) is 0 Å². The molecule has 0 heterocycles. The van der Waals surface area contributed by atoms with Gasteiger partial charge in [-0.25, -0.2) is 0 Å². The van der Waals surface area contributed by atoms with Gasteiger partial charge in [-0.05, 0) is 55.0 Å². The van der Waals surface area contributed by atoms with Crippen LogP contribution in [-0.2, 0) is 11.2 Å². The van der Waals surface area contributed by atoms with Crippen molar-refractivity contribution >= 4 is 29.1 Å². The highest BCUT2D eigenvalue weighted by Crippen LogP contribution is 2.34. The molecular weight excluding hydrogens is 393 g/mol. The third kappa shape index (κ3) is 7.37. The fourth-order valence-electron chi connectivity index (χ4n) is 3.17. The smallest absolute Gasteiger partial charge is 0.219 e. The number of hydrogen-bond acceptors (Lipinski definition) is 2. The lowest BCUT2D eigenvalue weighted by Crippen LogP contribution is -2.24. The molecule has 1 amide bonds. The van der Waals surface area contributed by atoms with Crippen molar-refractivity contribution in [1.82, 2.24) is 5.32 Å². The molecule has 0 atom stereocenters. The van der Waals surface area contributed by atoms with E-state index in [0.717, 1.165) is 30.9 Å². The van der Waals surface area contributed by atoms with Crippen LogP contribution in [0.25, 0.3) is 0 Å². The summed E-state index contributed by atoms with van der Waals surface area (Å²) in [7, 11) is 0. The lowest BCUT2D eigenvalue weighted by Gasteiger charge is -2.09. The molecule has 0 spiro atoms. The highest BCUT2D eigenvalue weighted by molar-refractivity contribution is 6.42. The van der Waals surface area contributed by atoms with Crippen molar-refractivity contribution in [3.05, 3.63) is 58.1 Å². The van der Waals surface area contributed by atoms with Crippen LogP contribution in [-0.4, -0.2) is 12.5 Å². The van der Waals surface area contributed by atoms with E-state index in [2.05, 4.69) is 11.4 Å². The zero-order valence-electron chi connectivity index (χ0n) is 16.1. The highest BCUT2D eigenvalue weighted by Gasteiger charge is 2.20. The second kappa shape index (κ2) is 10.7. The Bertz CT molecular complexity index is 790. The van der Waals surface area contributed by atoms with Gasteiger partial charge in [0.15, 0.2) is 0 Å². The molecule has 1 aliphatic carbocycles. The maximum Gasteiger partial charge on any atom is 0.219 e. The van der Waals surface area contributed by atoms with E-state index in [0.29, 0.717) is 28.8 Å². The summed E-state index contributed by atoms with van der Waals surface area (Å²) in [5.74, 6) is 2.54. The second-order valence-corrected chi connectivity index (χ2v) is 8.28. The van der Waals surface area contributed by atoms with E-state index in [1.165, 1.54) is 31.2 Å². The molecule has 0 aromatic heterocycles. The Hall–Kier alpha value is -1.71. The molecule has 0 unspecified atom stereocenters. The largest absolute Gasteiger partial charge is 0.457 e. The third-order valence-corrected chi connectivity index (χ3v) is 5.69. The topological polar surface area (TPSA) is 38.3 Å². The van der Waals surface area contributed by atoms with Crippen LogP contribution in [0.15, 0.2) is 42.5 Å². The van der Waals surface area contributed by atoms with Crippen molar-refractivity contribution in [2.75, 3.05) is 6.54 Å². The van der Waals surface area contributed by atoms with Gasteiger partial charge in [-0.2, -0.15) is 0 Å². The molecule has 0 radical (unpaired) electrons. The number of halogens is 2. The molecule has 2 aromatic carbocycles. The number of rotatable bonds is 11. The number of amides is 1. The van der Waals surface area contributed by atoms with Gasteiger partial charge in [0.1, 0.15) is 11.5 Å². The first kappa shape index (κ1) is 21.0. The molecule has 5 heteroatoms. The van der Waals surface area contributed by atoms with Crippen molar-refractivity contribution in [3.63, 3.8) is 0 Å². The Kier molecular flexibility index (Phi) is 8.05. The molecule has 1 N–H and O–H groups in total. The van der Waals surface area contributed by atoms with Crippen molar-refractivity contribution < 1.29 is 9.53 Å². The molecule has 1 aliphatic rings. The Morgan fingerprint density at radius 1 is 1.00 bits per heavy atom. The van der Waals surface area contributed by atoms with Crippen LogP contribution in [0.3, 0.4) is 0 Å². The average molecular weight is 420 g/mol. The van der Waals surface area contributed by atoms with E-state index >= 15 is 0 Å². The SMILES string of the molecule is O=C(CCCCC1CC1)NCCCc1cccc(Oc2ccc(Cl)c(Cl)c2)c1. The number of ether oxygens (including phenoxy) is 1. The van der Waals surface area contributed by atoms with Gasteiger partial charge >= 0.3 is 0 Å². The fourth-order valence-corrected chi connectivity index (χ4v) is 3.46. The molecule has 3 rings (SSSR count). The van der Waals surface area contributed by atoms with Crippen LogP contribution in [0.5, 0.6) is 11.5 Å². The van der Waals surface area contributed by atoms with Gasteiger partial charge in [0, 0.05) is 19.0 Å². The predicted octanol–water partition coefficient (Wildman–Crippen LogP) is 6.80. The monoisotopic (exact) mass is 419 g/mol. The first-order valence-electron chi connectivity index (χ1n) is 10.1. The number of carbonyl (C=O) groups excluding carboxylic acids is 1. The first-order chi connectivity index (χ1) is 13.6. The lowest BCUT2D eigenvalue weighted by molar-refractivity contribution is -0.121. The number of nitrogens with one attached hydrogen (secondary N) is 1. The van der Waals surface area contributed by atoms with Gasteiger partial charge in [0.2, 0.25) is 5.91 Å². The molecule has 0 saturated heterocycles. The molecule has 28 heavy (non-hydrogen) atoms.